The molecule has 0 radical (unpaired) electrons. The van der Waals surface area contributed by atoms with Crippen molar-refractivity contribution < 1.29 is 4.79 Å². The van der Waals surface area contributed by atoms with Crippen LogP contribution >= 0.6 is 15.9 Å². The molecule has 0 atom stereocenters. The summed E-state index contributed by atoms with van der Waals surface area (Å²) in [7, 11) is 1.78. The van der Waals surface area contributed by atoms with Gasteiger partial charge in [-0.2, -0.15) is 0 Å². The molecule has 2 N–H and O–H groups in total. The molecule has 0 saturated heterocycles. The summed E-state index contributed by atoms with van der Waals surface area (Å²) in [5.41, 5.74) is 1.13. The fourth-order valence-corrected chi connectivity index (χ4v) is 1.47. The first-order valence-corrected chi connectivity index (χ1v) is 5.91. The predicted molar refractivity (Wildman–Crippen MR) is 71.5 cm³/mol. The Balaban J connectivity index is 2.14. The van der Waals surface area contributed by atoms with E-state index in [0.717, 1.165) is 5.69 Å². The van der Waals surface area contributed by atoms with Crippen LogP contribution in [0.15, 0.2) is 35.3 Å². The van der Waals surface area contributed by atoms with Gasteiger partial charge in [0.1, 0.15) is 10.3 Å². The number of nitrogens with zero attached hydrogens (tertiary/aromatic N) is 3. The van der Waals surface area contributed by atoms with Crippen molar-refractivity contribution in [2.75, 3.05) is 17.7 Å². The highest BCUT2D eigenvalue weighted by Gasteiger charge is 2.08. The van der Waals surface area contributed by atoms with Crippen LogP contribution in [0, 0.1) is 0 Å². The lowest BCUT2D eigenvalue weighted by Gasteiger charge is -2.05. The first-order chi connectivity index (χ1) is 8.69. The number of aromatic nitrogens is 3. The maximum absolute atomic E-state index is 11.9. The van der Waals surface area contributed by atoms with E-state index in [-0.39, 0.29) is 5.91 Å². The van der Waals surface area contributed by atoms with Crippen molar-refractivity contribution >= 4 is 33.3 Å². The molecular weight excluding hydrogens is 298 g/mol. The van der Waals surface area contributed by atoms with Crippen LogP contribution in [0.25, 0.3) is 0 Å². The number of halogens is 1. The van der Waals surface area contributed by atoms with Crippen LogP contribution in [-0.2, 0) is 0 Å². The normalized spacial score (nSPS) is 9.89. The van der Waals surface area contributed by atoms with E-state index in [1.165, 1.54) is 12.4 Å². The smallest absolute Gasteiger partial charge is 0.275 e. The third kappa shape index (κ3) is 3.01. The van der Waals surface area contributed by atoms with E-state index < -0.39 is 0 Å². The summed E-state index contributed by atoms with van der Waals surface area (Å²) in [6.07, 6.45) is 4.53. The second-order valence-electron chi connectivity index (χ2n) is 3.36. The van der Waals surface area contributed by atoms with Crippen molar-refractivity contribution in [1.82, 2.24) is 15.0 Å². The maximum atomic E-state index is 11.9. The van der Waals surface area contributed by atoms with Crippen LogP contribution in [0.4, 0.5) is 11.5 Å². The minimum atomic E-state index is -0.330. The highest BCUT2D eigenvalue weighted by molar-refractivity contribution is 9.10. The molecule has 0 bridgehead atoms. The number of amides is 1. The summed E-state index contributed by atoms with van der Waals surface area (Å²) in [6, 6.07) is 3.43. The van der Waals surface area contributed by atoms with Gasteiger partial charge >= 0.3 is 0 Å². The number of carbonyl (C=O) groups is 1. The van der Waals surface area contributed by atoms with E-state index >= 15 is 0 Å². The highest BCUT2D eigenvalue weighted by atomic mass is 79.9. The van der Waals surface area contributed by atoms with Crippen LogP contribution in [0.5, 0.6) is 0 Å². The fourth-order valence-electron chi connectivity index (χ4n) is 1.27. The molecule has 0 saturated carbocycles. The Hall–Kier alpha value is -2.02. The Morgan fingerprint density at radius 2 is 2.11 bits per heavy atom. The highest BCUT2D eigenvalue weighted by Crippen LogP contribution is 2.10. The largest absolute Gasteiger partial charge is 0.388 e. The SMILES string of the molecule is CNc1ccnc(C(=O)Nc2cnc(Br)cn2)c1. The van der Waals surface area contributed by atoms with Gasteiger partial charge in [-0.1, -0.05) is 0 Å². The first kappa shape index (κ1) is 12.4. The molecule has 6 nitrogen and oxygen atoms in total. The van der Waals surface area contributed by atoms with Crippen LogP contribution in [0.3, 0.4) is 0 Å². The average molecular weight is 308 g/mol. The average Bonchev–Trinajstić information content (AvgIpc) is 2.41. The van der Waals surface area contributed by atoms with Gasteiger partial charge in [-0.15, -0.1) is 0 Å². The number of pyridine rings is 1. The van der Waals surface area contributed by atoms with Gasteiger partial charge in [-0.25, -0.2) is 9.97 Å². The summed E-state index contributed by atoms with van der Waals surface area (Å²) in [6.45, 7) is 0. The molecule has 1 amide bonds. The zero-order valence-corrected chi connectivity index (χ0v) is 11.1. The topological polar surface area (TPSA) is 79.8 Å². The molecule has 2 aromatic heterocycles. The molecule has 7 heteroatoms. The predicted octanol–water partition coefficient (Wildman–Crippen LogP) is 1.93. The molecular formula is C11H10BrN5O. The Labute approximate surface area is 112 Å². The monoisotopic (exact) mass is 307 g/mol. The van der Waals surface area contributed by atoms with E-state index in [4.69, 9.17) is 0 Å². The molecule has 2 rings (SSSR count). The van der Waals surface area contributed by atoms with Gasteiger partial charge in [-0.3, -0.25) is 9.78 Å². The lowest BCUT2D eigenvalue weighted by Crippen LogP contribution is -2.14. The summed E-state index contributed by atoms with van der Waals surface area (Å²) >= 11 is 3.17. The Morgan fingerprint density at radius 3 is 2.78 bits per heavy atom. The van der Waals surface area contributed by atoms with Gasteiger partial charge in [0.2, 0.25) is 0 Å². The number of hydrogen-bond donors (Lipinski definition) is 2. The second kappa shape index (κ2) is 5.54. The van der Waals surface area contributed by atoms with Crippen molar-refractivity contribution in [2.45, 2.75) is 0 Å². The molecule has 0 fully saturated rings. The third-order valence-electron chi connectivity index (χ3n) is 2.14. The second-order valence-corrected chi connectivity index (χ2v) is 4.17. The van der Waals surface area contributed by atoms with Gasteiger partial charge in [0.05, 0.1) is 12.4 Å². The fraction of sp³-hybridized carbons (Fsp3) is 0.0909. The molecule has 0 aliphatic heterocycles. The van der Waals surface area contributed by atoms with E-state index in [1.807, 2.05) is 0 Å². The number of carbonyl (C=O) groups excluding carboxylic acids is 1. The third-order valence-corrected chi connectivity index (χ3v) is 2.55. The van der Waals surface area contributed by atoms with Crippen molar-refractivity contribution in [1.29, 1.82) is 0 Å². The summed E-state index contributed by atoms with van der Waals surface area (Å²) in [5.74, 6) is 0.0450. The minimum absolute atomic E-state index is 0.312. The zero-order valence-electron chi connectivity index (χ0n) is 9.51. The summed E-state index contributed by atoms with van der Waals surface area (Å²) in [5, 5.41) is 5.55. The van der Waals surface area contributed by atoms with Gasteiger partial charge in [0.25, 0.3) is 5.91 Å². The van der Waals surface area contributed by atoms with Crippen molar-refractivity contribution in [3.63, 3.8) is 0 Å². The standard InChI is InChI=1S/C11H10BrN5O/c1-13-7-2-3-14-8(4-7)11(18)17-10-6-15-9(12)5-16-10/h2-6H,1H3,(H,13,14)(H,16,17,18). The molecule has 18 heavy (non-hydrogen) atoms. The molecule has 0 aromatic carbocycles. The molecule has 0 aliphatic carbocycles. The maximum Gasteiger partial charge on any atom is 0.275 e. The van der Waals surface area contributed by atoms with Crippen LogP contribution in [0.1, 0.15) is 10.5 Å². The molecule has 0 spiro atoms. The Kier molecular flexibility index (Phi) is 3.83. The van der Waals surface area contributed by atoms with Crippen LogP contribution in [0.2, 0.25) is 0 Å². The van der Waals surface area contributed by atoms with E-state index in [9.17, 15) is 4.79 Å². The number of nitrogens with one attached hydrogen (secondary N) is 2. The van der Waals surface area contributed by atoms with Crippen molar-refractivity contribution in [3.05, 3.63) is 41.0 Å². The van der Waals surface area contributed by atoms with Crippen LogP contribution in [-0.4, -0.2) is 27.9 Å². The molecule has 0 unspecified atom stereocenters. The quantitative estimate of drug-likeness (QED) is 0.905. The first-order valence-electron chi connectivity index (χ1n) is 5.12. The zero-order chi connectivity index (χ0) is 13.0. The molecule has 2 heterocycles. The number of anilines is 2. The number of hydrogen-bond acceptors (Lipinski definition) is 5. The van der Waals surface area contributed by atoms with Gasteiger partial charge in [-0.05, 0) is 28.1 Å². The van der Waals surface area contributed by atoms with Gasteiger partial charge in [0.15, 0.2) is 5.82 Å². The lowest BCUT2D eigenvalue weighted by atomic mass is 10.3. The summed E-state index contributed by atoms with van der Waals surface area (Å²) < 4.78 is 0.607. The lowest BCUT2D eigenvalue weighted by molar-refractivity contribution is 0.102. The molecule has 0 aliphatic rings. The molecule has 2 aromatic rings. The summed E-state index contributed by atoms with van der Waals surface area (Å²) in [4.78, 5) is 23.8. The van der Waals surface area contributed by atoms with Gasteiger partial charge in [0, 0.05) is 18.9 Å². The van der Waals surface area contributed by atoms with Gasteiger partial charge < -0.3 is 10.6 Å². The van der Waals surface area contributed by atoms with Crippen LogP contribution < -0.4 is 10.6 Å². The van der Waals surface area contributed by atoms with E-state index in [2.05, 4.69) is 41.5 Å². The van der Waals surface area contributed by atoms with Crippen molar-refractivity contribution in [2.24, 2.45) is 0 Å². The Bertz CT molecular complexity index is 558. The van der Waals surface area contributed by atoms with E-state index in [0.29, 0.717) is 16.1 Å². The molecule has 92 valence electrons. The minimum Gasteiger partial charge on any atom is -0.388 e. The Morgan fingerprint density at radius 1 is 1.28 bits per heavy atom. The van der Waals surface area contributed by atoms with E-state index in [1.54, 1.807) is 25.4 Å². The van der Waals surface area contributed by atoms with Crippen molar-refractivity contribution in [3.8, 4) is 0 Å². The number of rotatable bonds is 3.